The molecule has 0 bridgehead atoms. The normalized spacial score (nSPS) is 21.8. The van der Waals surface area contributed by atoms with Crippen molar-refractivity contribution in [3.05, 3.63) is 35.1 Å². The molecule has 0 saturated carbocycles. The van der Waals surface area contributed by atoms with E-state index < -0.39 is 17.6 Å². The van der Waals surface area contributed by atoms with Gasteiger partial charge >= 0.3 is 6.18 Å². The van der Waals surface area contributed by atoms with Gasteiger partial charge in [-0.2, -0.15) is 13.2 Å². The van der Waals surface area contributed by atoms with E-state index in [9.17, 15) is 17.6 Å². The first-order chi connectivity index (χ1) is 10.3. The van der Waals surface area contributed by atoms with E-state index in [4.69, 9.17) is 4.74 Å². The van der Waals surface area contributed by atoms with Gasteiger partial charge < -0.3 is 15.0 Å². The van der Waals surface area contributed by atoms with Crippen LogP contribution in [0, 0.1) is 5.82 Å². The fourth-order valence-corrected chi connectivity index (χ4v) is 2.42. The van der Waals surface area contributed by atoms with E-state index in [1.165, 1.54) is 6.07 Å². The minimum atomic E-state index is -4.68. The predicted molar refractivity (Wildman–Crippen MR) is 74.9 cm³/mol. The highest BCUT2D eigenvalue weighted by molar-refractivity contribution is 5.27. The van der Waals surface area contributed by atoms with Gasteiger partial charge in [0.15, 0.2) is 0 Å². The molecular formula is C15H20F4N2O. The zero-order chi connectivity index (χ0) is 16.3. The molecule has 1 aromatic carbocycles. The maximum atomic E-state index is 13.2. The molecule has 7 heteroatoms. The summed E-state index contributed by atoms with van der Waals surface area (Å²) in [4.78, 5) is 2.14. The second kappa shape index (κ2) is 6.93. The van der Waals surface area contributed by atoms with Crippen LogP contribution in [0.5, 0.6) is 0 Å². The number of likely N-dealkylation sites (N-methyl/N-ethyl adjacent to an activating group) is 1. The maximum Gasteiger partial charge on any atom is 0.419 e. The van der Waals surface area contributed by atoms with Gasteiger partial charge in [-0.25, -0.2) is 4.39 Å². The number of hydrogen-bond donors (Lipinski definition) is 1. The third kappa shape index (κ3) is 4.41. The Bertz CT molecular complexity index is 507. The van der Waals surface area contributed by atoms with Crippen LogP contribution in [0.15, 0.2) is 18.2 Å². The number of hydrogen-bond acceptors (Lipinski definition) is 3. The van der Waals surface area contributed by atoms with Crippen LogP contribution in [0.4, 0.5) is 17.6 Å². The van der Waals surface area contributed by atoms with Gasteiger partial charge in [0, 0.05) is 25.7 Å². The summed E-state index contributed by atoms with van der Waals surface area (Å²) in [7, 11) is 2.00. The fraction of sp³-hybridized carbons (Fsp3) is 0.600. The first-order valence-electron chi connectivity index (χ1n) is 7.16. The first kappa shape index (κ1) is 17.2. The Balaban J connectivity index is 1.96. The van der Waals surface area contributed by atoms with Crippen LogP contribution in [0.1, 0.15) is 18.1 Å². The monoisotopic (exact) mass is 320 g/mol. The summed E-state index contributed by atoms with van der Waals surface area (Å²) in [5, 5.41) is 3.15. The zero-order valence-corrected chi connectivity index (χ0v) is 12.6. The Morgan fingerprint density at radius 3 is 2.77 bits per heavy atom. The molecule has 0 spiro atoms. The average molecular weight is 320 g/mol. The number of rotatable bonds is 4. The van der Waals surface area contributed by atoms with Crippen molar-refractivity contribution in [2.45, 2.75) is 31.8 Å². The Hall–Kier alpha value is -1.18. The van der Waals surface area contributed by atoms with Crippen molar-refractivity contribution in [3.63, 3.8) is 0 Å². The van der Waals surface area contributed by atoms with Gasteiger partial charge in [-0.15, -0.1) is 0 Å². The number of benzene rings is 1. The number of nitrogens with zero attached hydrogens (tertiary/aromatic N) is 1. The van der Waals surface area contributed by atoms with E-state index in [-0.39, 0.29) is 18.7 Å². The molecule has 1 fully saturated rings. The molecule has 2 atom stereocenters. The number of alkyl halides is 3. The number of halogens is 4. The average Bonchev–Trinajstić information content (AvgIpc) is 2.45. The molecule has 0 radical (unpaired) electrons. The molecule has 0 aromatic heterocycles. The minimum Gasteiger partial charge on any atom is -0.374 e. The molecule has 1 N–H and O–H groups in total. The summed E-state index contributed by atoms with van der Waals surface area (Å²) < 4.78 is 56.9. The fourth-order valence-electron chi connectivity index (χ4n) is 2.42. The lowest BCUT2D eigenvalue weighted by atomic mass is 10.1. The van der Waals surface area contributed by atoms with Crippen molar-refractivity contribution in [2.75, 3.05) is 26.7 Å². The Kier molecular flexibility index (Phi) is 5.41. The van der Waals surface area contributed by atoms with Crippen LogP contribution in [0.2, 0.25) is 0 Å². The molecule has 0 amide bonds. The second-order valence-electron chi connectivity index (χ2n) is 5.65. The van der Waals surface area contributed by atoms with Gasteiger partial charge in [-0.3, -0.25) is 0 Å². The third-order valence-electron chi connectivity index (χ3n) is 3.82. The van der Waals surface area contributed by atoms with Crippen LogP contribution >= 0.6 is 0 Å². The zero-order valence-electron chi connectivity index (χ0n) is 12.6. The van der Waals surface area contributed by atoms with Crippen LogP contribution in [-0.2, 0) is 17.5 Å². The van der Waals surface area contributed by atoms with Crippen molar-refractivity contribution >= 4 is 0 Å². The quantitative estimate of drug-likeness (QED) is 0.863. The topological polar surface area (TPSA) is 24.5 Å². The van der Waals surface area contributed by atoms with Crippen LogP contribution in [-0.4, -0.2) is 43.8 Å². The summed E-state index contributed by atoms with van der Waals surface area (Å²) in [6, 6.07) is 3.05. The molecule has 1 saturated heterocycles. The van der Waals surface area contributed by atoms with E-state index in [0.717, 1.165) is 25.2 Å². The van der Waals surface area contributed by atoms with E-state index in [1.54, 1.807) is 0 Å². The highest BCUT2D eigenvalue weighted by atomic mass is 19.4. The van der Waals surface area contributed by atoms with Crippen LogP contribution < -0.4 is 5.32 Å². The molecule has 1 heterocycles. The lowest BCUT2D eigenvalue weighted by Gasteiger charge is -2.34. The van der Waals surface area contributed by atoms with E-state index >= 15 is 0 Å². The molecule has 1 aliphatic heterocycles. The Labute approximate surface area is 127 Å². The van der Waals surface area contributed by atoms with Crippen molar-refractivity contribution in [3.8, 4) is 0 Å². The summed E-state index contributed by atoms with van der Waals surface area (Å²) in [5.74, 6) is -1.25. The molecule has 3 nitrogen and oxygen atoms in total. The van der Waals surface area contributed by atoms with Gasteiger partial charge in [0.1, 0.15) is 5.82 Å². The predicted octanol–water partition coefficient (Wildman–Crippen LogP) is 2.65. The van der Waals surface area contributed by atoms with Gasteiger partial charge in [0.25, 0.3) is 0 Å². The highest BCUT2D eigenvalue weighted by Crippen LogP contribution is 2.31. The SMILES string of the molecule is CC(NCc1ccc(F)c(C(F)(F)F)c1)C1CN(C)CCO1. The molecule has 1 aliphatic rings. The smallest absolute Gasteiger partial charge is 0.374 e. The van der Waals surface area contributed by atoms with E-state index in [0.29, 0.717) is 12.2 Å². The Morgan fingerprint density at radius 2 is 2.14 bits per heavy atom. The lowest BCUT2D eigenvalue weighted by Crippen LogP contribution is -2.49. The molecule has 22 heavy (non-hydrogen) atoms. The minimum absolute atomic E-state index is 0.0119. The number of ether oxygens (including phenoxy) is 1. The number of morpholine rings is 1. The van der Waals surface area contributed by atoms with Crippen LogP contribution in [0.25, 0.3) is 0 Å². The summed E-state index contributed by atoms with van der Waals surface area (Å²) in [5.41, 5.74) is -0.835. The molecule has 124 valence electrons. The molecule has 2 unspecified atom stereocenters. The molecule has 2 rings (SSSR count). The molecular weight excluding hydrogens is 300 g/mol. The third-order valence-corrected chi connectivity index (χ3v) is 3.82. The van der Waals surface area contributed by atoms with Crippen LogP contribution in [0.3, 0.4) is 0 Å². The summed E-state index contributed by atoms with van der Waals surface area (Å²) >= 11 is 0. The highest BCUT2D eigenvalue weighted by Gasteiger charge is 2.34. The van der Waals surface area contributed by atoms with Gasteiger partial charge in [0.05, 0.1) is 18.3 Å². The van der Waals surface area contributed by atoms with Crippen molar-refractivity contribution in [1.29, 1.82) is 0 Å². The van der Waals surface area contributed by atoms with Crippen molar-refractivity contribution in [1.82, 2.24) is 10.2 Å². The lowest BCUT2D eigenvalue weighted by molar-refractivity contribution is -0.140. The van der Waals surface area contributed by atoms with E-state index in [1.807, 2.05) is 14.0 Å². The largest absolute Gasteiger partial charge is 0.419 e. The Morgan fingerprint density at radius 1 is 1.41 bits per heavy atom. The van der Waals surface area contributed by atoms with Gasteiger partial charge in [-0.05, 0) is 31.7 Å². The summed E-state index contributed by atoms with van der Waals surface area (Å²) in [6.45, 7) is 4.44. The first-order valence-corrected chi connectivity index (χ1v) is 7.16. The standard InChI is InChI=1S/C15H20F4N2O/c1-10(14-9-21(2)5-6-22-14)20-8-11-3-4-13(16)12(7-11)15(17,18)19/h3-4,7,10,14,20H,5-6,8-9H2,1-2H3. The van der Waals surface area contributed by atoms with Gasteiger partial charge in [-0.1, -0.05) is 6.07 Å². The van der Waals surface area contributed by atoms with E-state index in [2.05, 4.69) is 10.2 Å². The number of nitrogens with one attached hydrogen (secondary N) is 1. The maximum absolute atomic E-state index is 13.2. The summed E-state index contributed by atoms with van der Waals surface area (Å²) in [6.07, 6.45) is -4.69. The molecule has 1 aromatic rings. The van der Waals surface area contributed by atoms with Gasteiger partial charge in [0.2, 0.25) is 0 Å². The molecule has 0 aliphatic carbocycles. The van der Waals surface area contributed by atoms with Crippen molar-refractivity contribution < 1.29 is 22.3 Å². The van der Waals surface area contributed by atoms with Crippen molar-refractivity contribution in [2.24, 2.45) is 0 Å². The second-order valence-corrected chi connectivity index (χ2v) is 5.65.